The fraction of sp³-hybridized carbons (Fsp3) is 0.300. The van der Waals surface area contributed by atoms with Gasteiger partial charge >= 0.3 is 0 Å². The molecular formula is C20H20ClN3O3S. The van der Waals surface area contributed by atoms with Crippen molar-refractivity contribution in [2.24, 2.45) is 0 Å². The third-order valence-electron chi connectivity index (χ3n) is 4.96. The lowest BCUT2D eigenvalue weighted by molar-refractivity contribution is 0.290. The molecule has 0 spiro atoms. The molecule has 2 aromatic carbocycles. The third-order valence-corrected chi connectivity index (χ3v) is 7.27. The SMILES string of the molecule is Cc1cccc(-c2noc([C@@H]3CCCN3S(=O)(=O)c3ccc(C)c(Cl)c3)n2)c1. The summed E-state index contributed by atoms with van der Waals surface area (Å²) in [7, 11) is -3.72. The number of sulfonamides is 1. The topological polar surface area (TPSA) is 76.3 Å². The van der Waals surface area contributed by atoms with E-state index in [1.54, 1.807) is 12.1 Å². The van der Waals surface area contributed by atoms with Gasteiger partial charge in [0.2, 0.25) is 21.7 Å². The van der Waals surface area contributed by atoms with Gasteiger partial charge in [-0.1, -0.05) is 46.6 Å². The van der Waals surface area contributed by atoms with Gasteiger partial charge in [0.15, 0.2) is 0 Å². The molecule has 0 unspecified atom stereocenters. The summed E-state index contributed by atoms with van der Waals surface area (Å²) < 4.78 is 33.2. The quantitative estimate of drug-likeness (QED) is 0.623. The lowest BCUT2D eigenvalue weighted by Crippen LogP contribution is -2.30. The summed E-state index contributed by atoms with van der Waals surface area (Å²) in [5, 5.41) is 4.49. The van der Waals surface area contributed by atoms with Crippen molar-refractivity contribution < 1.29 is 12.9 Å². The van der Waals surface area contributed by atoms with Gasteiger partial charge < -0.3 is 4.52 Å². The highest BCUT2D eigenvalue weighted by Crippen LogP contribution is 2.37. The van der Waals surface area contributed by atoms with Gasteiger partial charge in [-0.15, -0.1) is 0 Å². The van der Waals surface area contributed by atoms with Gasteiger partial charge in [-0.3, -0.25) is 0 Å². The van der Waals surface area contributed by atoms with Crippen molar-refractivity contribution in [3.63, 3.8) is 0 Å². The van der Waals surface area contributed by atoms with Gasteiger partial charge in [0, 0.05) is 17.1 Å². The smallest absolute Gasteiger partial charge is 0.245 e. The van der Waals surface area contributed by atoms with Gasteiger partial charge in [-0.05, 0) is 50.5 Å². The Morgan fingerprint density at radius 2 is 2.00 bits per heavy atom. The summed E-state index contributed by atoms with van der Waals surface area (Å²) >= 11 is 6.14. The van der Waals surface area contributed by atoms with E-state index < -0.39 is 16.1 Å². The highest BCUT2D eigenvalue weighted by molar-refractivity contribution is 7.89. The Morgan fingerprint density at radius 3 is 2.75 bits per heavy atom. The van der Waals surface area contributed by atoms with Gasteiger partial charge in [0.25, 0.3) is 0 Å². The van der Waals surface area contributed by atoms with Crippen LogP contribution >= 0.6 is 11.6 Å². The number of halogens is 1. The van der Waals surface area contributed by atoms with Crippen LogP contribution in [0, 0.1) is 13.8 Å². The summed E-state index contributed by atoms with van der Waals surface area (Å²) in [6, 6.07) is 12.1. The predicted octanol–water partition coefficient (Wildman–Crippen LogP) is 4.53. The number of benzene rings is 2. The fourth-order valence-corrected chi connectivity index (χ4v) is 5.34. The van der Waals surface area contributed by atoms with Crippen LogP contribution in [0.1, 0.15) is 35.9 Å². The second kappa shape index (κ2) is 7.31. The Balaban J connectivity index is 1.66. The summed E-state index contributed by atoms with van der Waals surface area (Å²) in [4.78, 5) is 4.66. The average Bonchev–Trinajstić information content (AvgIpc) is 3.33. The van der Waals surface area contributed by atoms with Crippen molar-refractivity contribution in [2.45, 2.75) is 37.6 Å². The molecule has 1 atom stereocenters. The molecule has 2 heterocycles. The van der Waals surface area contributed by atoms with Crippen molar-refractivity contribution in [3.8, 4) is 11.4 Å². The van der Waals surface area contributed by atoms with Gasteiger partial charge in [-0.25, -0.2) is 8.42 Å². The number of nitrogens with zero attached hydrogens (tertiary/aromatic N) is 3. The second-order valence-electron chi connectivity index (χ2n) is 7.01. The summed E-state index contributed by atoms with van der Waals surface area (Å²) in [5.41, 5.74) is 2.76. The van der Waals surface area contributed by atoms with Gasteiger partial charge in [-0.2, -0.15) is 9.29 Å². The Hall–Kier alpha value is -2.22. The molecule has 1 aliphatic heterocycles. The number of hydrogen-bond donors (Lipinski definition) is 0. The van der Waals surface area contributed by atoms with Crippen LogP contribution in [0.5, 0.6) is 0 Å². The number of hydrogen-bond acceptors (Lipinski definition) is 5. The van der Waals surface area contributed by atoms with Crippen molar-refractivity contribution in [1.82, 2.24) is 14.4 Å². The first kappa shape index (κ1) is 19.1. The van der Waals surface area contributed by atoms with Crippen molar-refractivity contribution in [3.05, 3.63) is 64.5 Å². The minimum absolute atomic E-state index is 0.174. The van der Waals surface area contributed by atoms with Gasteiger partial charge in [0.1, 0.15) is 6.04 Å². The Kier molecular flexibility index (Phi) is 4.99. The fourth-order valence-electron chi connectivity index (χ4n) is 3.42. The largest absolute Gasteiger partial charge is 0.337 e. The van der Waals surface area contributed by atoms with E-state index in [0.717, 1.165) is 23.1 Å². The molecule has 4 rings (SSSR count). The average molecular weight is 418 g/mol. The zero-order chi connectivity index (χ0) is 19.9. The molecule has 1 fully saturated rings. The molecule has 3 aromatic rings. The maximum absolute atomic E-state index is 13.2. The first-order valence-electron chi connectivity index (χ1n) is 9.05. The molecule has 0 aliphatic carbocycles. The van der Waals surface area contributed by atoms with E-state index >= 15 is 0 Å². The molecule has 1 aliphatic rings. The molecule has 0 N–H and O–H groups in total. The van der Waals surface area contributed by atoms with E-state index in [1.807, 2.05) is 38.1 Å². The maximum Gasteiger partial charge on any atom is 0.245 e. The molecule has 1 aromatic heterocycles. The van der Waals surface area contributed by atoms with Crippen molar-refractivity contribution >= 4 is 21.6 Å². The van der Waals surface area contributed by atoms with E-state index in [-0.39, 0.29) is 4.90 Å². The van der Waals surface area contributed by atoms with Crippen LogP contribution in [0.25, 0.3) is 11.4 Å². The lowest BCUT2D eigenvalue weighted by Gasteiger charge is -2.21. The van der Waals surface area contributed by atoms with E-state index in [4.69, 9.17) is 16.1 Å². The second-order valence-corrected chi connectivity index (χ2v) is 9.31. The molecule has 8 heteroatoms. The molecule has 6 nitrogen and oxygen atoms in total. The van der Waals surface area contributed by atoms with Crippen LogP contribution in [0.4, 0.5) is 0 Å². The van der Waals surface area contributed by atoms with Crippen LogP contribution in [0.3, 0.4) is 0 Å². The highest BCUT2D eigenvalue weighted by Gasteiger charge is 2.39. The van der Waals surface area contributed by atoms with Crippen molar-refractivity contribution in [1.29, 1.82) is 0 Å². The first-order valence-corrected chi connectivity index (χ1v) is 10.9. The van der Waals surface area contributed by atoms with Crippen LogP contribution in [-0.4, -0.2) is 29.4 Å². The molecule has 0 radical (unpaired) electrons. The minimum atomic E-state index is -3.72. The van der Waals surface area contributed by atoms with Crippen LogP contribution in [0.15, 0.2) is 51.9 Å². The molecule has 0 saturated carbocycles. The van der Waals surface area contributed by atoms with Crippen LogP contribution < -0.4 is 0 Å². The predicted molar refractivity (Wildman–Crippen MR) is 107 cm³/mol. The summed E-state index contributed by atoms with van der Waals surface area (Å²) in [6.07, 6.45) is 1.36. The minimum Gasteiger partial charge on any atom is -0.337 e. The molecule has 28 heavy (non-hydrogen) atoms. The molecule has 0 amide bonds. The molecule has 0 bridgehead atoms. The molecular weight excluding hydrogens is 398 g/mol. The number of rotatable bonds is 4. The maximum atomic E-state index is 13.2. The summed E-state index contributed by atoms with van der Waals surface area (Å²) in [6.45, 7) is 4.23. The Labute approximate surface area is 169 Å². The third kappa shape index (κ3) is 3.45. The van der Waals surface area contributed by atoms with E-state index in [9.17, 15) is 8.42 Å². The highest BCUT2D eigenvalue weighted by atomic mass is 35.5. The Bertz CT molecular complexity index is 1130. The number of aryl methyl sites for hydroxylation is 2. The standard InChI is InChI=1S/C20H20ClN3O3S/c1-13-5-3-6-15(11-13)19-22-20(27-23-19)18-7-4-10-24(18)28(25,26)16-9-8-14(2)17(21)12-16/h3,5-6,8-9,11-12,18H,4,7,10H2,1-2H3/t18-/m0/s1. The Morgan fingerprint density at radius 1 is 1.18 bits per heavy atom. The van der Waals surface area contributed by atoms with Gasteiger partial charge in [0.05, 0.1) is 4.90 Å². The normalized spacial score (nSPS) is 17.9. The monoisotopic (exact) mass is 417 g/mol. The van der Waals surface area contributed by atoms with Crippen molar-refractivity contribution in [2.75, 3.05) is 6.54 Å². The lowest BCUT2D eigenvalue weighted by atomic mass is 10.1. The summed E-state index contributed by atoms with van der Waals surface area (Å²) in [5.74, 6) is 0.775. The molecule has 146 valence electrons. The zero-order valence-electron chi connectivity index (χ0n) is 15.6. The van der Waals surface area contributed by atoms with E-state index in [1.165, 1.54) is 10.4 Å². The molecule has 1 saturated heterocycles. The van der Waals surface area contributed by atoms with Crippen LogP contribution in [0.2, 0.25) is 5.02 Å². The zero-order valence-corrected chi connectivity index (χ0v) is 17.2. The first-order chi connectivity index (χ1) is 13.4. The number of aromatic nitrogens is 2. The van der Waals surface area contributed by atoms with E-state index in [2.05, 4.69) is 10.1 Å². The van der Waals surface area contributed by atoms with E-state index in [0.29, 0.717) is 29.7 Å². The van der Waals surface area contributed by atoms with Crippen LogP contribution in [-0.2, 0) is 10.0 Å².